The molecule has 9 heteroatoms. The van der Waals surface area contributed by atoms with Crippen molar-refractivity contribution in [3.05, 3.63) is 55.5 Å². The number of hydrogen-bond donors (Lipinski definition) is 0. The maximum absolute atomic E-state index is 3.48. The average molecular weight is 334 g/mol. The normalized spacial score (nSPS) is 16.3. The lowest BCUT2D eigenvalue weighted by molar-refractivity contribution is 1.41. The summed E-state index contributed by atoms with van der Waals surface area (Å²) >= 11 is 3.48. The van der Waals surface area contributed by atoms with Crippen LogP contribution in [0.4, 0.5) is 0 Å². The van der Waals surface area contributed by atoms with Crippen LogP contribution in [0.1, 0.15) is 0 Å². The van der Waals surface area contributed by atoms with Crippen LogP contribution in [0.2, 0.25) is 12.6 Å². The van der Waals surface area contributed by atoms with E-state index in [1.165, 1.54) is 38.5 Å². The predicted octanol–water partition coefficient (Wildman–Crippen LogP) is -3.64. The maximum Gasteiger partial charge on any atom is 0.139 e. The van der Waals surface area contributed by atoms with Crippen LogP contribution in [0.5, 0.6) is 0 Å². The molecule has 0 aliphatic heterocycles. The van der Waals surface area contributed by atoms with Crippen LogP contribution in [-0.4, -0.2) is 62.8 Å². The zero-order valence-electron chi connectivity index (χ0n) is 15.0. The monoisotopic (exact) mass is 334 g/mol. The molecule has 0 radical (unpaired) electrons. The molecule has 0 aliphatic rings. The summed E-state index contributed by atoms with van der Waals surface area (Å²) in [4.78, 5) is 2.01. The highest BCUT2D eigenvalue weighted by atomic mass is 79.9. The zero-order valence-corrected chi connectivity index (χ0v) is 16.6. The van der Waals surface area contributed by atoms with Gasteiger partial charge in [-0.2, -0.15) is 0 Å². The third kappa shape index (κ3) is 5.77. The first-order chi connectivity index (χ1) is 9.85. The molecule has 0 bridgehead atoms. The summed E-state index contributed by atoms with van der Waals surface area (Å²) in [5, 5.41) is 0. The van der Waals surface area contributed by atoms with E-state index in [0.29, 0.717) is 0 Å². The molecule has 0 nitrogen and oxygen atoms in total. The average Bonchev–Trinajstić information content (AvgIpc) is 2.51. The minimum Gasteiger partial charge on any atom is -0.129 e. The molecule has 0 atom stereocenters. The lowest BCUT2D eigenvalue weighted by atomic mass is 9.63. The van der Waals surface area contributed by atoms with Gasteiger partial charge in [-0.1, -0.05) is 56.5 Å². The molecule has 0 aromatic heterocycles. The molecule has 0 spiro atoms. The van der Waals surface area contributed by atoms with Crippen LogP contribution >= 0.6 is 15.9 Å². The standard InChI is InChI=1S/C12H23B8Br/c13-2-1-6(11(19)8(17)4-15)10(7(16)3-14)12(20)9(18)5-21/h1,3,5H,2,4,13-20H2/b6-1-,7-3-,9-5-,11-8-,12-10?. The van der Waals surface area contributed by atoms with E-state index in [1.54, 1.807) is 0 Å². The fraction of sp³-hybridized carbons (Fsp3) is 0.167. The summed E-state index contributed by atoms with van der Waals surface area (Å²) in [6, 6.07) is 0. The fourth-order valence-electron chi connectivity index (χ4n) is 2.28. The number of rotatable bonds is 6. The molecule has 0 rings (SSSR count). The SMILES string of the molecule is B/C=C(\B)C(=C(B)/C(B)=C/Br)C(=C/CB)/C(B)=C(/B)CB. The van der Waals surface area contributed by atoms with Crippen LogP contribution in [-0.2, 0) is 0 Å². The summed E-state index contributed by atoms with van der Waals surface area (Å²) in [5.41, 5.74) is 9.59. The molecule has 0 aromatic carbocycles. The first kappa shape index (κ1) is 20.7. The molecular weight excluding hydrogens is 311 g/mol. The van der Waals surface area contributed by atoms with E-state index in [0.717, 1.165) is 12.6 Å². The van der Waals surface area contributed by atoms with Crippen molar-refractivity contribution < 1.29 is 0 Å². The minimum atomic E-state index is 1.05. The van der Waals surface area contributed by atoms with Crippen LogP contribution in [0.25, 0.3) is 0 Å². The number of allylic oxidation sites excluding steroid dienone is 8. The molecule has 102 valence electrons. The van der Waals surface area contributed by atoms with Crippen LogP contribution in [0.3, 0.4) is 0 Å². The van der Waals surface area contributed by atoms with Crippen molar-refractivity contribution in [1.29, 1.82) is 0 Å². The fourth-order valence-corrected chi connectivity index (χ4v) is 2.62. The molecule has 0 fully saturated rings. The lowest BCUT2D eigenvalue weighted by Gasteiger charge is -2.21. The Morgan fingerprint density at radius 1 is 0.905 bits per heavy atom. The van der Waals surface area contributed by atoms with E-state index in [4.69, 9.17) is 0 Å². The summed E-state index contributed by atoms with van der Waals surface area (Å²) < 4.78 is 0. The minimum absolute atomic E-state index is 1.05. The van der Waals surface area contributed by atoms with Crippen molar-refractivity contribution in [1.82, 2.24) is 0 Å². The van der Waals surface area contributed by atoms with Gasteiger partial charge in [-0.05, 0) is 16.1 Å². The molecule has 0 unspecified atom stereocenters. The predicted molar refractivity (Wildman–Crippen MR) is 125 cm³/mol. The van der Waals surface area contributed by atoms with E-state index in [2.05, 4.69) is 90.8 Å². The van der Waals surface area contributed by atoms with Gasteiger partial charge in [0.1, 0.15) is 62.8 Å². The van der Waals surface area contributed by atoms with Gasteiger partial charge in [-0.3, -0.25) is 0 Å². The molecule has 0 N–H and O–H groups in total. The van der Waals surface area contributed by atoms with Crippen molar-refractivity contribution in [3.8, 4) is 0 Å². The molecule has 0 heterocycles. The Kier molecular flexibility index (Phi) is 10.3. The van der Waals surface area contributed by atoms with Gasteiger partial charge in [0, 0.05) is 0 Å². The Labute approximate surface area is 146 Å². The van der Waals surface area contributed by atoms with Gasteiger partial charge in [0.25, 0.3) is 0 Å². The van der Waals surface area contributed by atoms with Crippen molar-refractivity contribution in [2.75, 3.05) is 0 Å². The van der Waals surface area contributed by atoms with Gasteiger partial charge in [-0.25, -0.2) is 0 Å². The Morgan fingerprint density at radius 3 is 1.86 bits per heavy atom. The van der Waals surface area contributed by atoms with Crippen LogP contribution < -0.4 is 0 Å². The van der Waals surface area contributed by atoms with Crippen molar-refractivity contribution >= 4 is 78.7 Å². The van der Waals surface area contributed by atoms with E-state index in [1.807, 2.05) is 4.99 Å². The second-order valence-corrected chi connectivity index (χ2v) is 6.01. The highest BCUT2D eigenvalue weighted by Gasteiger charge is 2.13. The topological polar surface area (TPSA) is 0 Å². The molecule has 21 heavy (non-hydrogen) atoms. The van der Waals surface area contributed by atoms with E-state index in [9.17, 15) is 0 Å². The largest absolute Gasteiger partial charge is 0.139 e. The van der Waals surface area contributed by atoms with Crippen molar-refractivity contribution in [2.24, 2.45) is 0 Å². The second kappa shape index (κ2) is 10.4. The van der Waals surface area contributed by atoms with Crippen molar-refractivity contribution in [3.63, 3.8) is 0 Å². The first-order valence-corrected chi connectivity index (χ1v) is 8.75. The molecular formula is C12H23B8Br. The highest BCUT2D eigenvalue weighted by molar-refractivity contribution is 9.11. The maximum atomic E-state index is 3.48. The van der Waals surface area contributed by atoms with Gasteiger partial charge in [0.2, 0.25) is 0 Å². The van der Waals surface area contributed by atoms with E-state index < -0.39 is 0 Å². The summed E-state index contributed by atoms with van der Waals surface area (Å²) in [6.45, 7) is 0. The summed E-state index contributed by atoms with van der Waals surface area (Å²) in [6.07, 6.45) is 4.51. The number of hydrogen-bond acceptors (Lipinski definition) is 0. The third-order valence-corrected chi connectivity index (χ3v) is 4.90. The molecule has 0 saturated carbocycles. The van der Waals surface area contributed by atoms with Gasteiger partial charge in [0.15, 0.2) is 0 Å². The smallest absolute Gasteiger partial charge is 0.129 e. The Morgan fingerprint density at radius 2 is 1.48 bits per heavy atom. The number of halogens is 1. The third-order valence-electron chi connectivity index (χ3n) is 4.21. The molecule has 0 aliphatic carbocycles. The Bertz CT molecular complexity index is 527. The Hall–Kier alpha value is -0.301. The summed E-state index contributed by atoms with van der Waals surface area (Å²) in [7, 11) is 17.6. The Balaban J connectivity index is 6.46. The van der Waals surface area contributed by atoms with E-state index >= 15 is 0 Å². The zero-order chi connectivity index (χ0) is 16.6. The van der Waals surface area contributed by atoms with Crippen LogP contribution in [0, 0.1) is 0 Å². The second-order valence-electron chi connectivity index (χ2n) is 5.55. The molecule has 0 amide bonds. The lowest BCUT2D eigenvalue weighted by Crippen LogP contribution is -2.07. The van der Waals surface area contributed by atoms with Gasteiger partial charge >= 0.3 is 0 Å². The van der Waals surface area contributed by atoms with Crippen LogP contribution in [0.15, 0.2) is 55.5 Å². The molecule has 0 aromatic rings. The summed E-state index contributed by atoms with van der Waals surface area (Å²) in [5.74, 6) is 2.21. The van der Waals surface area contributed by atoms with Gasteiger partial charge in [-0.15, -0.1) is 11.4 Å². The van der Waals surface area contributed by atoms with Gasteiger partial charge in [0.05, 0.1) is 0 Å². The quantitative estimate of drug-likeness (QED) is 0.347. The first-order valence-electron chi connectivity index (χ1n) is 7.84. The molecule has 0 saturated heterocycles. The van der Waals surface area contributed by atoms with Gasteiger partial charge < -0.3 is 0 Å². The van der Waals surface area contributed by atoms with Crippen molar-refractivity contribution in [2.45, 2.75) is 12.6 Å². The van der Waals surface area contributed by atoms with E-state index in [-0.39, 0.29) is 0 Å². The highest BCUT2D eigenvalue weighted by Crippen LogP contribution is 2.29.